The van der Waals surface area contributed by atoms with Crippen LogP contribution in [0.3, 0.4) is 0 Å². The molecule has 0 bridgehead atoms. The summed E-state index contributed by atoms with van der Waals surface area (Å²) in [6.07, 6.45) is 9.80. The Labute approximate surface area is 234 Å². The van der Waals surface area contributed by atoms with Gasteiger partial charge in [-0.25, -0.2) is 9.67 Å². The average Bonchev–Trinajstić information content (AvgIpc) is 3.58. The van der Waals surface area contributed by atoms with Gasteiger partial charge in [-0.1, -0.05) is 13.3 Å². The number of amides is 1. The number of aliphatic hydroxyl groups is 1. The zero-order chi connectivity index (χ0) is 27.5. The van der Waals surface area contributed by atoms with E-state index in [-0.39, 0.29) is 23.4 Å². The van der Waals surface area contributed by atoms with E-state index in [1.165, 1.54) is 42.4 Å². The second-order valence-electron chi connectivity index (χ2n) is 12.7. The van der Waals surface area contributed by atoms with Crippen LogP contribution in [-0.4, -0.2) is 91.1 Å². The van der Waals surface area contributed by atoms with Crippen molar-refractivity contribution in [3.8, 4) is 5.69 Å². The molecule has 0 spiro atoms. The Morgan fingerprint density at radius 2 is 1.75 bits per heavy atom. The van der Waals surface area contributed by atoms with Gasteiger partial charge in [-0.3, -0.25) is 19.1 Å². The normalized spacial score (nSPS) is 24.2. The van der Waals surface area contributed by atoms with Crippen molar-refractivity contribution >= 4 is 22.6 Å². The Kier molecular flexibility index (Phi) is 6.23. The van der Waals surface area contributed by atoms with E-state index in [0.29, 0.717) is 43.0 Å². The molecule has 40 heavy (non-hydrogen) atoms. The van der Waals surface area contributed by atoms with Crippen molar-refractivity contribution in [3.05, 3.63) is 47.1 Å². The number of anilines is 1. The highest BCUT2D eigenvalue weighted by molar-refractivity contribution is 5.85. The third-order valence-electron chi connectivity index (χ3n) is 9.81. The van der Waals surface area contributed by atoms with Gasteiger partial charge in [-0.2, -0.15) is 5.10 Å². The summed E-state index contributed by atoms with van der Waals surface area (Å²) in [5, 5.41) is 16.2. The number of aromatic nitrogens is 4. The molecule has 212 valence electrons. The molecule has 7 rings (SSSR count). The van der Waals surface area contributed by atoms with Gasteiger partial charge in [0.1, 0.15) is 11.7 Å². The molecule has 3 aromatic rings. The molecule has 0 unspecified atom stereocenters. The summed E-state index contributed by atoms with van der Waals surface area (Å²) in [4.78, 5) is 37.6. The lowest BCUT2D eigenvalue weighted by Crippen LogP contribution is -2.54. The average molecular weight is 546 g/mol. The molecule has 3 aliphatic heterocycles. The standard InChI is InChI=1S/C30H39N7O3/c1-29(9-10-29)28(39)34-14-11-30(40,12-15-34)20-36-21-31-26-25(27(36)38)18-32-37(26)23-7-5-22(6-8-23)35-17-16-33-13-3-2-4-24(33)19-35/h5-8,18,21,24,40H,2-4,9-17,19-20H2,1H3/t24-/m1/s1. The third-order valence-corrected chi connectivity index (χ3v) is 9.81. The molecule has 5 heterocycles. The molecule has 3 saturated heterocycles. The first kappa shape index (κ1) is 25.7. The van der Waals surface area contributed by atoms with Crippen LogP contribution in [0.2, 0.25) is 0 Å². The van der Waals surface area contributed by atoms with Gasteiger partial charge in [0.2, 0.25) is 5.91 Å². The van der Waals surface area contributed by atoms with Gasteiger partial charge in [0.25, 0.3) is 5.56 Å². The van der Waals surface area contributed by atoms with Crippen LogP contribution < -0.4 is 10.5 Å². The quantitative estimate of drug-likeness (QED) is 0.526. The Morgan fingerprint density at radius 3 is 2.50 bits per heavy atom. The largest absolute Gasteiger partial charge is 0.388 e. The second-order valence-corrected chi connectivity index (χ2v) is 12.7. The van der Waals surface area contributed by atoms with Gasteiger partial charge in [0.05, 0.1) is 24.0 Å². The number of nitrogens with zero attached hydrogens (tertiary/aromatic N) is 7. The Hall–Kier alpha value is -3.24. The topological polar surface area (TPSA) is 99.7 Å². The van der Waals surface area contributed by atoms with Gasteiger partial charge in [0, 0.05) is 49.9 Å². The van der Waals surface area contributed by atoms with E-state index in [4.69, 9.17) is 0 Å². The molecule has 1 N–H and O–H groups in total. The molecule has 4 fully saturated rings. The summed E-state index contributed by atoms with van der Waals surface area (Å²) >= 11 is 0. The molecule has 1 atom stereocenters. The highest BCUT2D eigenvalue weighted by Crippen LogP contribution is 2.47. The highest BCUT2D eigenvalue weighted by Gasteiger charge is 2.48. The lowest BCUT2D eigenvalue weighted by molar-refractivity contribution is -0.141. The summed E-state index contributed by atoms with van der Waals surface area (Å²) < 4.78 is 3.20. The Morgan fingerprint density at radius 1 is 1.00 bits per heavy atom. The van der Waals surface area contributed by atoms with Crippen LogP contribution in [0.25, 0.3) is 16.7 Å². The Balaban J connectivity index is 1.05. The van der Waals surface area contributed by atoms with Crippen molar-refractivity contribution in [2.75, 3.05) is 44.2 Å². The fourth-order valence-electron chi connectivity index (χ4n) is 6.83. The lowest BCUT2D eigenvalue weighted by Gasteiger charge is -2.45. The maximum Gasteiger partial charge on any atom is 0.264 e. The number of carbonyl (C=O) groups is 1. The molecule has 2 aromatic heterocycles. The van der Waals surface area contributed by atoms with Gasteiger partial charge >= 0.3 is 0 Å². The summed E-state index contributed by atoms with van der Waals surface area (Å²) in [5.74, 6) is 0.196. The van der Waals surface area contributed by atoms with Crippen molar-refractivity contribution in [2.24, 2.45) is 5.41 Å². The van der Waals surface area contributed by atoms with Gasteiger partial charge in [-0.15, -0.1) is 0 Å². The number of rotatable bonds is 5. The van der Waals surface area contributed by atoms with Crippen LogP contribution in [0.15, 0.2) is 41.6 Å². The monoisotopic (exact) mass is 545 g/mol. The van der Waals surface area contributed by atoms with E-state index in [1.54, 1.807) is 10.9 Å². The fourth-order valence-corrected chi connectivity index (χ4v) is 6.83. The number of likely N-dealkylation sites (tertiary alicyclic amines) is 1. The van der Waals surface area contributed by atoms with Crippen LogP contribution in [0.4, 0.5) is 5.69 Å². The first-order valence-electron chi connectivity index (χ1n) is 14.9. The van der Waals surface area contributed by atoms with Crippen LogP contribution in [-0.2, 0) is 11.3 Å². The number of benzene rings is 1. The molecule has 10 nitrogen and oxygen atoms in total. The van der Waals surface area contributed by atoms with E-state index in [1.807, 2.05) is 24.0 Å². The van der Waals surface area contributed by atoms with Gasteiger partial charge in [0.15, 0.2) is 5.65 Å². The molecule has 10 heteroatoms. The van der Waals surface area contributed by atoms with Crippen LogP contribution in [0.1, 0.15) is 51.9 Å². The van der Waals surface area contributed by atoms with E-state index in [0.717, 1.165) is 38.2 Å². The zero-order valence-corrected chi connectivity index (χ0v) is 23.3. The predicted molar refractivity (Wildman–Crippen MR) is 153 cm³/mol. The first-order chi connectivity index (χ1) is 19.3. The van der Waals surface area contributed by atoms with Crippen molar-refractivity contribution < 1.29 is 9.90 Å². The number of hydrogen-bond donors (Lipinski definition) is 1. The smallest absolute Gasteiger partial charge is 0.264 e. The molecule has 0 radical (unpaired) electrons. The first-order valence-corrected chi connectivity index (χ1v) is 14.9. The minimum absolute atomic E-state index is 0.155. The number of hydrogen-bond acceptors (Lipinski definition) is 7. The van der Waals surface area contributed by atoms with Crippen LogP contribution in [0.5, 0.6) is 0 Å². The molecule has 1 amide bonds. The lowest BCUT2D eigenvalue weighted by atomic mass is 9.90. The van der Waals surface area contributed by atoms with E-state index >= 15 is 0 Å². The molecule has 1 aromatic carbocycles. The van der Waals surface area contributed by atoms with E-state index in [2.05, 4.69) is 32.0 Å². The summed E-state index contributed by atoms with van der Waals surface area (Å²) in [5.41, 5.74) is 1.13. The van der Waals surface area contributed by atoms with Crippen molar-refractivity contribution in [1.29, 1.82) is 0 Å². The predicted octanol–water partition coefficient (Wildman–Crippen LogP) is 2.41. The van der Waals surface area contributed by atoms with Crippen LogP contribution in [0, 0.1) is 5.41 Å². The van der Waals surface area contributed by atoms with Gasteiger partial charge < -0.3 is 14.9 Å². The summed E-state index contributed by atoms with van der Waals surface area (Å²) in [6, 6.07) is 9.02. The molecule has 1 aliphatic carbocycles. The maximum atomic E-state index is 13.4. The van der Waals surface area contributed by atoms with E-state index in [9.17, 15) is 14.7 Å². The SMILES string of the molecule is CC1(C(=O)N2CCC(O)(Cn3cnc4c(cnn4-c4ccc(N5CCN6CCCC[C@@H]6C5)cc4)c3=O)CC2)CC1. The van der Waals surface area contributed by atoms with E-state index < -0.39 is 5.60 Å². The number of carbonyl (C=O) groups excluding carboxylic acids is 1. The number of fused-ring (bicyclic) bond motifs is 2. The van der Waals surface area contributed by atoms with Crippen molar-refractivity contribution in [2.45, 2.75) is 70.1 Å². The fraction of sp³-hybridized carbons (Fsp3) is 0.600. The highest BCUT2D eigenvalue weighted by atomic mass is 16.3. The third kappa shape index (κ3) is 4.60. The van der Waals surface area contributed by atoms with Crippen molar-refractivity contribution in [3.63, 3.8) is 0 Å². The Bertz CT molecular complexity index is 1470. The molecule has 1 saturated carbocycles. The minimum atomic E-state index is -1.05. The molecular weight excluding hydrogens is 506 g/mol. The second kappa shape index (κ2) is 9.69. The maximum absolute atomic E-state index is 13.4. The molecule has 4 aliphatic rings. The number of piperidine rings is 2. The van der Waals surface area contributed by atoms with Crippen LogP contribution >= 0.6 is 0 Å². The number of piperazine rings is 1. The summed E-state index contributed by atoms with van der Waals surface area (Å²) in [6.45, 7) is 7.67. The zero-order valence-electron chi connectivity index (χ0n) is 23.3. The molecular formula is C30H39N7O3. The summed E-state index contributed by atoms with van der Waals surface area (Å²) in [7, 11) is 0. The minimum Gasteiger partial charge on any atom is -0.388 e. The van der Waals surface area contributed by atoms with Crippen molar-refractivity contribution in [1.82, 2.24) is 29.1 Å². The van der Waals surface area contributed by atoms with Gasteiger partial charge in [-0.05, 0) is 69.3 Å².